The van der Waals surface area contributed by atoms with Crippen molar-refractivity contribution in [1.29, 1.82) is 0 Å². The summed E-state index contributed by atoms with van der Waals surface area (Å²) in [6, 6.07) is 4.78. The van der Waals surface area contributed by atoms with Crippen LogP contribution in [-0.4, -0.2) is 44.9 Å². The van der Waals surface area contributed by atoms with Crippen LogP contribution in [0.25, 0.3) is 0 Å². The van der Waals surface area contributed by atoms with Gasteiger partial charge in [0.25, 0.3) is 0 Å². The van der Waals surface area contributed by atoms with Gasteiger partial charge >= 0.3 is 0 Å². The van der Waals surface area contributed by atoms with Crippen LogP contribution >= 0.6 is 12.4 Å². The van der Waals surface area contributed by atoms with Crippen molar-refractivity contribution in [2.24, 2.45) is 0 Å². The summed E-state index contributed by atoms with van der Waals surface area (Å²) in [6.07, 6.45) is 0.425. The number of halogens is 3. The van der Waals surface area contributed by atoms with Gasteiger partial charge in [0.05, 0.1) is 13.8 Å². The minimum atomic E-state index is -0.384. The van der Waals surface area contributed by atoms with E-state index in [0.717, 1.165) is 31.7 Å². The summed E-state index contributed by atoms with van der Waals surface area (Å²) in [4.78, 5) is 2.24. The first-order valence-electron chi connectivity index (χ1n) is 6.60. The molecule has 3 nitrogen and oxygen atoms in total. The van der Waals surface area contributed by atoms with Gasteiger partial charge in [0.15, 0.2) is 11.6 Å². The molecule has 1 fully saturated rings. The van der Waals surface area contributed by atoms with Gasteiger partial charge in [0.2, 0.25) is 0 Å². The number of benzene rings is 1. The summed E-state index contributed by atoms with van der Waals surface area (Å²) < 4.78 is 31.2. The lowest BCUT2D eigenvalue weighted by Gasteiger charge is -2.35. The molecule has 1 N–H and O–H groups in total. The molecule has 1 heterocycles. The topological polar surface area (TPSA) is 24.5 Å². The number of hydrogen-bond acceptors (Lipinski definition) is 3. The standard InChI is InChI=1S/C14H20F2N2O.ClH/c1-19-14-10-11(2-3-12(14)16)13(4-5-15)18-8-6-17-7-9-18;/h2-3,10,13,17H,4-9H2,1H3;1H/t13-;/m1./s1. The third-order valence-corrected chi connectivity index (χ3v) is 3.53. The summed E-state index contributed by atoms with van der Waals surface area (Å²) in [5, 5.41) is 3.27. The molecular formula is C14H21ClF2N2O. The van der Waals surface area contributed by atoms with Crippen LogP contribution in [0.15, 0.2) is 18.2 Å². The average Bonchev–Trinajstić information content (AvgIpc) is 2.46. The Balaban J connectivity index is 0.00000200. The molecule has 1 atom stereocenters. The number of ether oxygens (including phenoxy) is 1. The molecule has 1 aliphatic heterocycles. The molecule has 2 rings (SSSR count). The molecule has 1 aliphatic rings. The minimum absolute atomic E-state index is 0. The van der Waals surface area contributed by atoms with Crippen LogP contribution in [0.5, 0.6) is 5.75 Å². The maximum atomic E-state index is 13.4. The fourth-order valence-electron chi connectivity index (χ4n) is 2.54. The molecule has 1 aromatic rings. The second-order valence-corrected chi connectivity index (χ2v) is 4.67. The van der Waals surface area contributed by atoms with Crippen LogP contribution in [0.2, 0.25) is 0 Å². The van der Waals surface area contributed by atoms with E-state index in [4.69, 9.17) is 4.74 Å². The SMILES string of the molecule is COc1cc([C@@H](CCF)N2CCNCC2)ccc1F.Cl. The summed E-state index contributed by atoms with van der Waals surface area (Å²) in [5.74, 6) is -0.165. The Morgan fingerprint density at radius 3 is 2.65 bits per heavy atom. The van der Waals surface area contributed by atoms with Gasteiger partial charge in [-0.3, -0.25) is 9.29 Å². The Bertz CT molecular complexity index is 414. The zero-order valence-corrected chi connectivity index (χ0v) is 12.4. The van der Waals surface area contributed by atoms with Gasteiger partial charge in [0.1, 0.15) is 0 Å². The lowest BCUT2D eigenvalue weighted by atomic mass is 10.0. The van der Waals surface area contributed by atoms with Crippen molar-refractivity contribution in [3.63, 3.8) is 0 Å². The van der Waals surface area contributed by atoms with E-state index in [9.17, 15) is 8.78 Å². The van der Waals surface area contributed by atoms with Crippen molar-refractivity contribution in [2.75, 3.05) is 40.0 Å². The Morgan fingerprint density at radius 2 is 2.05 bits per heavy atom. The second-order valence-electron chi connectivity index (χ2n) is 4.67. The zero-order chi connectivity index (χ0) is 13.7. The number of rotatable bonds is 5. The third kappa shape index (κ3) is 4.04. The molecule has 0 spiro atoms. The van der Waals surface area contributed by atoms with E-state index < -0.39 is 0 Å². The maximum absolute atomic E-state index is 13.4. The van der Waals surface area contributed by atoms with Gasteiger partial charge in [-0.25, -0.2) is 4.39 Å². The highest BCUT2D eigenvalue weighted by Gasteiger charge is 2.22. The van der Waals surface area contributed by atoms with E-state index in [2.05, 4.69) is 10.2 Å². The van der Waals surface area contributed by atoms with Crippen molar-refractivity contribution in [3.8, 4) is 5.75 Å². The van der Waals surface area contributed by atoms with Crippen molar-refractivity contribution >= 4 is 12.4 Å². The molecule has 0 bridgehead atoms. The predicted molar refractivity (Wildman–Crippen MR) is 78.0 cm³/mol. The van der Waals surface area contributed by atoms with Crippen LogP contribution < -0.4 is 10.1 Å². The molecule has 114 valence electrons. The van der Waals surface area contributed by atoms with E-state index >= 15 is 0 Å². The summed E-state index contributed by atoms with van der Waals surface area (Å²) in [6.45, 7) is 3.19. The lowest BCUT2D eigenvalue weighted by molar-refractivity contribution is 0.157. The molecule has 6 heteroatoms. The molecule has 1 aromatic carbocycles. The number of alkyl halides is 1. The molecular weight excluding hydrogens is 286 g/mol. The average molecular weight is 307 g/mol. The van der Waals surface area contributed by atoms with Crippen LogP contribution in [0, 0.1) is 5.82 Å². The second kappa shape index (κ2) is 8.39. The molecule has 0 amide bonds. The Morgan fingerprint density at radius 1 is 1.35 bits per heavy atom. The van der Waals surface area contributed by atoms with E-state index in [1.165, 1.54) is 13.2 Å². The van der Waals surface area contributed by atoms with E-state index in [1.807, 2.05) is 0 Å². The van der Waals surface area contributed by atoms with Crippen LogP contribution in [-0.2, 0) is 0 Å². The van der Waals surface area contributed by atoms with Crippen molar-refractivity contribution in [1.82, 2.24) is 10.2 Å². The van der Waals surface area contributed by atoms with Gasteiger partial charge < -0.3 is 10.1 Å². The van der Waals surface area contributed by atoms with Gasteiger partial charge in [-0.1, -0.05) is 6.07 Å². The normalized spacial score (nSPS) is 17.4. The number of methoxy groups -OCH3 is 1. The first-order valence-corrected chi connectivity index (χ1v) is 6.60. The van der Waals surface area contributed by atoms with Gasteiger partial charge in [-0.15, -0.1) is 12.4 Å². The Hall–Kier alpha value is -0.910. The lowest BCUT2D eigenvalue weighted by Crippen LogP contribution is -2.45. The summed E-state index contributed by atoms with van der Waals surface area (Å²) in [5.41, 5.74) is 0.915. The van der Waals surface area contributed by atoms with Gasteiger partial charge in [-0.05, 0) is 24.1 Å². The Labute approximate surface area is 124 Å². The van der Waals surface area contributed by atoms with E-state index in [-0.39, 0.29) is 36.7 Å². The summed E-state index contributed by atoms with van der Waals surface area (Å²) in [7, 11) is 1.44. The minimum Gasteiger partial charge on any atom is -0.494 e. The fraction of sp³-hybridized carbons (Fsp3) is 0.571. The monoisotopic (exact) mass is 306 g/mol. The highest BCUT2D eigenvalue weighted by atomic mass is 35.5. The van der Waals surface area contributed by atoms with Crippen molar-refractivity contribution < 1.29 is 13.5 Å². The van der Waals surface area contributed by atoms with Crippen LogP contribution in [0.4, 0.5) is 8.78 Å². The first-order chi connectivity index (χ1) is 9.26. The molecule has 0 aromatic heterocycles. The van der Waals surface area contributed by atoms with Crippen molar-refractivity contribution in [3.05, 3.63) is 29.6 Å². The predicted octanol–water partition coefficient (Wildman–Crippen LogP) is 2.56. The molecule has 0 unspecified atom stereocenters. The van der Waals surface area contributed by atoms with Crippen LogP contribution in [0.1, 0.15) is 18.0 Å². The molecule has 0 radical (unpaired) electrons. The number of nitrogens with one attached hydrogen (secondary N) is 1. The highest BCUT2D eigenvalue weighted by molar-refractivity contribution is 5.85. The van der Waals surface area contributed by atoms with Crippen molar-refractivity contribution in [2.45, 2.75) is 12.5 Å². The molecule has 0 aliphatic carbocycles. The largest absolute Gasteiger partial charge is 0.494 e. The fourth-order valence-corrected chi connectivity index (χ4v) is 2.54. The zero-order valence-electron chi connectivity index (χ0n) is 11.6. The molecule has 20 heavy (non-hydrogen) atoms. The smallest absolute Gasteiger partial charge is 0.165 e. The highest BCUT2D eigenvalue weighted by Crippen LogP contribution is 2.29. The quantitative estimate of drug-likeness (QED) is 0.905. The number of hydrogen-bond donors (Lipinski definition) is 1. The number of nitrogens with zero attached hydrogens (tertiary/aromatic N) is 1. The van der Waals surface area contributed by atoms with Crippen LogP contribution in [0.3, 0.4) is 0 Å². The maximum Gasteiger partial charge on any atom is 0.165 e. The van der Waals surface area contributed by atoms with Gasteiger partial charge in [0, 0.05) is 32.2 Å². The van der Waals surface area contributed by atoms with E-state index in [0.29, 0.717) is 6.42 Å². The Kier molecular flexibility index (Phi) is 7.19. The molecule has 1 saturated heterocycles. The van der Waals surface area contributed by atoms with E-state index in [1.54, 1.807) is 12.1 Å². The van der Waals surface area contributed by atoms with Gasteiger partial charge in [-0.2, -0.15) is 0 Å². The summed E-state index contributed by atoms with van der Waals surface area (Å²) >= 11 is 0. The first kappa shape index (κ1) is 17.1. The third-order valence-electron chi connectivity index (χ3n) is 3.53. The molecule has 0 saturated carbocycles. The number of piperazine rings is 1.